The van der Waals surface area contributed by atoms with E-state index in [1.807, 2.05) is 36.5 Å². The van der Waals surface area contributed by atoms with Crippen molar-refractivity contribution in [3.05, 3.63) is 89.0 Å². The Morgan fingerprint density at radius 3 is 2.58 bits per heavy atom. The first kappa shape index (κ1) is 21.4. The monoisotopic (exact) mass is 446 g/mol. The summed E-state index contributed by atoms with van der Waals surface area (Å²) in [5.41, 5.74) is 5.11. The van der Waals surface area contributed by atoms with Gasteiger partial charge in [0.15, 0.2) is 0 Å². The Bertz CT molecular complexity index is 1140. The number of nitrogens with zero attached hydrogens (tertiary/aromatic N) is 2. The van der Waals surface area contributed by atoms with Gasteiger partial charge in [-0.3, -0.25) is 4.98 Å². The molecule has 1 aromatic heterocycles. The van der Waals surface area contributed by atoms with Crippen molar-refractivity contribution >= 4 is 11.7 Å². The summed E-state index contributed by atoms with van der Waals surface area (Å²) in [7, 11) is 1.40. The predicted molar refractivity (Wildman–Crippen MR) is 124 cm³/mol. The predicted octanol–water partition coefficient (Wildman–Crippen LogP) is 5.07. The molecule has 33 heavy (non-hydrogen) atoms. The summed E-state index contributed by atoms with van der Waals surface area (Å²) in [6.07, 6.45) is 5.91. The molecule has 170 valence electrons. The van der Waals surface area contributed by atoms with Crippen LogP contribution in [0.4, 0.5) is 10.1 Å². The maximum absolute atomic E-state index is 13.3. The SMILES string of the molecule is COC(=O)c1ccc(C2(CCc3nccc4c3N(Cc3ccc(F)cc3)CCO4)CC2)cc1. The maximum Gasteiger partial charge on any atom is 0.337 e. The van der Waals surface area contributed by atoms with Crippen molar-refractivity contribution in [3.8, 4) is 5.75 Å². The Labute approximate surface area is 193 Å². The lowest BCUT2D eigenvalue weighted by Crippen LogP contribution is -2.33. The van der Waals surface area contributed by atoms with Gasteiger partial charge >= 0.3 is 5.97 Å². The van der Waals surface area contributed by atoms with E-state index >= 15 is 0 Å². The fourth-order valence-corrected chi connectivity index (χ4v) is 4.73. The number of ether oxygens (including phenoxy) is 2. The Kier molecular flexibility index (Phi) is 5.75. The lowest BCUT2D eigenvalue weighted by atomic mass is 9.89. The first-order valence-corrected chi connectivity index (χ1v) is 11.4. The fourth-order valence-electron chi connectivity index (χ4n) is 4.73. The molecule has 2 aromatic carbocycles. The zero-order chi connectivity index (χ0) is 22.8. The van der Waals surface area contributed by atoms with Crippen LogP contribution >= 0.6 is 0 Å². The average molecular weight is 447 g/mol. The van der Waals surface area contributed by atoms with Crippen molar-refractivity contribution in [2.45, 2.75) is 37.6 Å². The van der Waals surface area contributed by atoms with E-state index in [-0.39, 0.29) is 17.2 Å². The van der Waals surface area contributed by atoms with Crippen LogP contribution in [-0.2, 0) is 23.1 Å². The smallest absolute Gasteiger partial charge is 0.337 e. The van der Waals surface area contributed by atoms with Gasteiger partial charge in [0.2, 0.25) is 0 Å². The minimum absolute atomic E-state index is 0.135. The van der Waals surface area contributed by atoms with Crippen LogP contribution in [0.15, 0.2) is 60.8 Å². The second-order valence-electron chi connectivity index (χ2n) is 8.85. The van der Waals surface area contributed by atoms with Crippen molar-refractivity contribution in [3.63, 3.8) is 0 Å². The van der Waals surface area contributed by atoms with Crippen LogP contribution in [0, 0.1) is 5.82 Å². The first-order valence-electron chi connectivity index (χ1n) is 11.4. The van der Waals surface area contributed by atoms with Crippen molar-refractivity contribution in [1.29, 1.82) is 0 Å². The number of methoxy groups -OCH3 is 1. The molecule has 0 N–H and O–H groups in total. The Morgan fingerprint density at radius 1 is 1.12 bits per heavy atom. The molecule has 5 nitrogen and oxygen atoms in total. The molecule has 1 saturated carbocycles. The number of aryl methyl sites for hydroxylation is 1. The number of carbonyl (C=O) groups excluding carboxylic acids is 1. The maximum atomic E-state index is 13.3. The summed E-state index contributed by atoms with van der Waals surface area (Å²) in [4.78, 5) is 18.8. The van der Waals surface area contributed by atoms with E-state index in [9.17, 15) is 9.18 Å². The highest BCUT2D eigenvalue weighted by atomic mass is 19.1. The van der Waals surface area contributed by atoms with Crippen LogP contribution < -0.4 is 9.64 Å². The van der Waals surface area contributed by atoms with Crippen LogP contribution in [0.5, 0.6) is 5.75 Å². The van der Waals surface area contributed by atoms with Crippen molar-refractivity contribution in [1.82, 2.24) is 4.98 Å². The van der Waals surface area contributed by atoms with Gasteiger partial charge in [-0.05, 0) is 66.5 Å². The van der Waals surface area contributed by atoms with Gasteiger partial charge in [-0.1, -0.05) is 24.3 Å². The molecule has 6 heteroatoms. The van der Waals surface area contributed by atoms with Crippen molar-refractivity contribution in [2.24, 2.45) is 0 Å². The molecular formula is C27H27FN2O3. The second-order valence-corrected chi connectivity index (χ2v) is 8.85. The van der Waals surface area contributed by atoms with E-state index in [1.165, 1.54) is 24.8 Å². The van der Waals surface area contributed by atoms with E-state index < -0.39 is 0 Å². The van der Waals surface area contributed by atoms with Crippen molar-refractivity contribution in [2.75, 3.05) is 25.2 Å². The molecule has 1 aliphatic heterocycles. The standard InChI is InChI=1S/C27H27FN2O3/c1-32-26(31)20-4-6-21(7-5-20)27(13-14-27)12-10-23-25-24(11-15-29-23)33-17-16-30(25)18-19-2-8-22(28)9-3-19/h2-9,11,15H,10,12-14,16-18H2,1H3. The number of pyridine rings is 1. The highest BCUT2D eigenvalue weighted by molar-refractivity contribution is 5.89. The molecule has 1 aliphatic carbocycles. The van der Waals surface area contributed by atoms with E-state index in [0.717, 1.165) is 54.9 Å². The summed E-state index contributed by atoms with van der Waals surface area (Å²) >= 11 is 0. The van der Waals surface area contributed by atoms with E-state index in [1.54, 1.807) is 0 Å². The van der Waals surface area contributed by atoms with Gasteiger partial charge in [-0.15, -0.1) is 0 Å². The molecule has 0 atom stereocenters. The van der Waals surface area contributed by atoms with Crippen LogP contribution in [0.1, 0.15) is 46.4 Å². The molecule has 0 saturated heterocycles. The highest BCUT2D eigenvalue weighted by Gasteiger charge is 2.44. The molecule has 3 aromatic rings. The summed E-state index contributed by atoms with van der Waals surface area (Å²) in [5.74, 6) is 0.325. The molecular weight excluding hydrogens is 419 g/mol. The molecule has 2 heterocycles. The lowest BCUT2D eigenvalue weighted by Gasteiger charge is -2.33. The zero-order valence-corrected chi connectivity index (χ0v) is 18.7. The topological polar surface area (TPSA) is 51.7 Å². The van der Waals surface area contributed by atoms with Gasteiger partial charge in [0.1, 0.15) is 23.9 Å². The molecule has 0 unspecified atom stereocenters. The summed E-state index contributed by atoms with van der Waals surface area (Å²) in [5, 5.41) is 0. The van der Waals surface area contributed by atoms with E-state index in [2.05, 4.69) is 17.0 Å². The van der Waals surface area contributed by atoms with Gasteiger partial charge in [-0.25, -0.2) is 9.18 Å². The Morgan fingerprint density at radius 2 is 1.88 bits per heavy atom. The first-order chi connectivity index (χ1) is 16.1. The molecule has 0 spiro atoms. The normalized spacial score (nSPS) is 16.0. The van der Waals surface area contributed by atoms with Crippen LogP contribution in [0.2, 0.25) is 0 Å². The van der Waals surface area contributed by atoms with Gasteiger partial charge in [0.25, 0.3) is 0 Å². The molecule has 1 fully saturated rings. The largest absolute Gasteiger partial charge is 0.489 e. The zero-order valence-electron chi connectivity index (χ0n) is 18.7. The van der Waals surface area contributed by atoms with Crippen LogP contribution in [0.3, 0.4) is 0 Å². The number of anilines is 1. The number of rotatable bonds is 7. The van der Waals surface area contributed by atoms with E-state index in [0.29, 0.717) is 18.7 Å². The lowest BCUT2D eigenvalue weighted by molar-refractivity contribution is 0.0600. The summed E-state index contributed by atoms with van der Waals surface area (Å²) in [6, 6.07) is 16.4. The van der Waals surface area contributed by atoms with Gasteiger partial charge in [0, 0.05) is 18.8 Å². The van der Waals surface area contributed by atoms with Crippen LogP contribution in [-0.4, -0.2) is 31.2 Å². The molecule has 2 aliphatic rings. The molecule has 0 amide bonds. The minimum atomic E-state index is -0.312. The third-order valence-corrected chi connectivity index (χ3v) is 6.80. The Balaban J connectivity index is 1.34. The summed E-state index contributed by atoms with van der Waals surface area (Å²) < 4.78 is 24.1. The third-order valence-electron chi connectivity index (χ3n) is 6.80. The Hall–Kier alpha value is -3.41. The summed E-state index contributed by atoms with van der Waals surface area (Å²) in [6.45, 7) is 2.08. The van der Waals surface area contributed by atoms with Crippen LogP contribution in [0.25, 0.3) is 0 Å². The molecule has 0 radical (unpaired) electrons. The second kappa shape index (κ2) is 8.85. The number of hydrogen-bond acceptors (Lipinski definition) is 5. The van der Waals surface area contributed by atoms with Gasteiger partial charge in [0.05, 0.1) is 24.9 Å². The van der Waals surface area contributed by atoms with Gasteiger partial charge in [-0.2, -0.15) is 0 Å². The number of aromatic nitrogens is 1. The molecule has 0 bridgehead atoms. The molecule has 5 rings (SSSR count). The third kappa shape index (κ3) is 4.42. The quantitative estimate of drug-likeness (QED) is 0.474. The number of hydrogen-bond donors (Lipinski definition) is 0. The highest BCUT2D eigenvalue weighted by Crippen LogP contribution is 2.52. The number of halogens is 1. The van der Waals surface area contributed by atoms with Crippen molar-refractivity contribution < 1.29 is 18.7 Å². The average Bonchev–Trinajstić information content (AvgIpc) is 3.65. The number of esters is 1. The minimum Gasteiger partial charge on any atom is -0.489 e. The number of fused-ring (bicyclic) bond motifs is 1. The number of carbonyl (C=O) groups is 1. The van der Waals surface area contributed by atoms with Gasteiger partial charge < -0.3 is 14.4 Å². The number of benzene rings is 2. The van der Waals surface area contributed by atoms with E-state index in [4.69, 9.17) is 14.5 Å². The fraction of sp³-hybridized carbons (Fsp3) is 0.333.